The minimum absolute atomic E-state index is 0.130. The van der Waals surface area contributed by atoms with Crippen LogP contribution >= 0.6 is 0 Å². The second kappa shape index (κ2) is 6.08. The lowest BCUT2D eigenvalue weighted by molar-refractivity contribution is -0.116. The lowest BCUT2D eigenvalue weighted by Gasteiger charge is -2.18. The molecule has 1 N–H and O–H groups in total. The number of amides is 1. The van der Waals surface area contributed by atoms with Crippen LogP contribution in [0.2, 0.25) is 0 Å². The van der Waals surface area contributed by atoms with E-state index >= 15 is 0 Å². The molecular formula is C18H17NO. The molecule has 2 rings (SSSR count). The molecular weight excluding hydrogens is 246 g/mol. The fraction of sp³-hybridized carbons (Fsp3) is 0.167. The normalized spacial score (nSPS) is 11.4. The van der Waals surface area contributed by atoms with E-state index in [0.29, 0.717) is 0 Å². The zero-order valence-corrected chi connectivity index (χ0v) is 11.7. The second-order valence-electron chi connectivity index (χ2n) is 4.80. The highest BCUT2D eigenvalue weighted by Crippen LogP contribution is 2.29. The van der Waals surface area contributed by atoms with Crippen molar-refractivity contribution < 1.29 is 4.79 Å². The molecule has 0 spiro atoms. The lowest BCUT2D eigenvalue weighted by atomic mass is 9.94. The van der Waals surface area contributed by atoms with Crippen LogP contribution in [-0.4, -0.2) is 5.91 Å². The summed E-state index contributed by atoms with van der Waals surface area (Å²) in [5.74, 6) is 1.69. The highest BCUT2D eigenvalue weighted by Gasteiger charge is 2.13. The monoisotopic (exact) mass is 263 g/mol. The van der Waals surface area contributed by atoms with Gasteiger partial charge in [-0.1, -0.05) is 54.1 Å². The molecule has 100 valence electrons. The van der Waals surface area contributed by atoms with E-state index in [1.54, 1.807) is 0 Å². The summed E-state index contributed by atoms with van der Waals surface area (Å²) in [7, 11) is 0. The number of hydrogen-bond acceptors (Lipinski definition) is 1. The Kier molecular flexibility index (Phi) is 4.22. The molecule has 0 fully saturated rings. The third-order valence-corrected chi connectivity index (χ3v) is 3.24. The van der Waals surface area contributed by atoms with E-state index in [2.05, 4.69) is 36.4 Å². The number of hydrogen-bond donors (Lipinski definition) is 1. The maximum Gasteiger partial charge on any atom is 0.296 e. The summed E-state index contributed by atoms with van der Waals surface area (Å²) in [5.41, 5.74) is 4.50. The average Bonchev–Trinajstić information content (AvgIpc) is 2.47. The summed E-state index contributed by atoms with van der Waals surface area (Å²) in [6, 6.07) is 16.2. The number of nitrogens with one attached hydrogen (secondary N) is 1. The van der Waals surface area contributed by atoms with Gasteiger partial charge in [0.1, 0.15) is 0 Å². The fourth-order valence-electron chi connectivity index (χ4n) is 2.23. The van der Waals surface area contributed by atoms with Crippen molar-refractivity contribution in [2.75, 3.05) is 0 Å². The molecule has 2 nitrogen and oxygen atoms in total. The first-order valence-electron chi connectivity index (χ1n) is 6.55. The molecule has 1 unspecified atom stereocenters. The highest BCUT2D eigenvalue weighted by atomic mass is 16.1. The summed E-state index contributed by atoms with van der Waals surface area (Å²) in [6.45, 7) is 3.99. The van der Waals surface area contributed by atoms with Gasteiger partial charge in [-0.15, -0.1) is 6.42 Å². The zero-order chi connectivity index (χ0) is 14.5. The van der Waals surface area contributed by atoms with Crippen LogP contribution in [0.5, 0.6) is 0 Å². The fourth-order valence-corrected chi connectivity index (χ4v) is 2.23. The predicted molar refractivity (Wildman–Crippen MR) is 82.0 cm³/mol. The Morgan fingerprint density at radius 1 is 1.20 bits per heavy atom. The van der Waals surface area contributed by atoms with E-state index in [0.717, 1.165) is 16.7 Å². The molecule has 1 atom stereocenters. The van der Waals surface area contributed by atoms with Crippen LogP contribution in [0.25, 0.3) is 11.1 Å². The summed E-state index contributed by atoms with van der Waals surface area (Å²) in [5, 5.41) is 2.80. The summed E-state index contributed by atoms with van der Waals surface area (Å²) >= 11 is 0. The third-order valence-electron chi connectivity index (χ3n) is 3.24. The van der Waals surface area contributed by atoms with Crippen LogP contribution in [-0.2, 0) is 4.79 Å². The predicted octanol–water partition coefficient (Wildman–Crippen LogP) is 3.47. The minimum Gasteiger partial charge on any atom is -0.339 e. The van der Waals surface area contributed by atoms with Gasteiger partial charge < -0.3 is 5.32 Å². The standard InChI is InChI=1S/C18H17NO/c1-4-18(20)19-14(3)16-11-10-13(2)12-17(16)15-8-6-5-7-9-15/h1,5-12,14H,2-3H3,(H,19,20). The van der Waals surface area contributed by atoms with Gasteiger partial charge in [0.2, 0.25) is 0 Å². The van der Waals surface area contributed by atoms with Crippen molar-refractivity contribution >= 4 is 5.91 Å². The lowest BCUT2D eigenvalue weighted by Crippen LogP contribution is -2.25. The van der Waals surface area contributed by atoms with Crippen LogP contribution in [0, 0.1) is 19.3 Å². The van der Waals surface area contributed by atoms with Gasteiger partial charge in [0.15, 0.2) is 0 Å². The van der Waals surface area contributed by atoms with E-state index in [1.807, 2.05) is 37.3 Å². The van der Waals surface area contributed by atoms with E-state index in [4.69, 9.17) is 6.42 Å². The Morgan fingerprint density at radius 3 is 2.55 bits per heavy atom. The molecule has 0 radical (unpaired) electrons. The quantitative estimate of drug-likeness (QED) is 0.844. The van der Waals surface area contributed by atoms with Gasteiger partial charge in [-0.25, -0.2) is 0 Å². The van der Waals surface area contributed by atoms with Crippen LogP contribution in [0.15, 0.2) is 48.5 Å². The topological polar surface area (TPSA) is 29.1 Å². The van der Waals surface area contributed by atoms with Crippen LogP contribution in [0.1, 0.15) is 24.1 Å². The van der Waals surface area contributed by atoms with Crippen molar-refractivity contribution in [2.45, 2.75) is 19.9 Å². The number of benzene rings is 2. The summed E-state index contributed by atoms with van der Waals surface area (Å²) in [4.78, 5) is 11.4. The molecule has 1 amide bonds. The molecule has 0 aliphatic rings. The highest BCUT2D eigenvalue weighted by molar-refractivity contribution is 5.93. The molecule has 2 aromatic carbocycles. The Bertz CT molecular complexity index is 653. The minimum atomic E-state index is -0.392. The molecule has 0 saturated heterocycles. The van der Waals surface area contributed by atoms with Crippen molar-refractivity contribution in [1.82, 2.24) is 5.32 Å². The summed E-state index contributed by atoms with van der Waals surface area (Å²) in [6.07, 6.45) is 5.11. The van der Waals surface area contributed by atoms with Gasteiger partial charge in [0, 0.05) is 0 Å². The largest absolute Gasteiger partial charge is 0.339 e. The Morgan fingerprint density at radius 2 is 1.90 bits per heavy atom. The molecule has 0 aromatic heterocycles. The molecule has 2 heteroatoms. The molecule has 0 aliphatic heterocycles. The first kappa shape index (κ1) is 13.9. The van der Waals surface area contributed by atoms with Crippen LogP contribution < -0.4 is 5.32 Å². The van der Waals surface area contributed by atoms with Gasteiger partial charge in [0.05, 0.1) is 6.04 Å². The molecule has 0 heterocycles. The molecule has 0 aliphatic carbocycles. The van der Waals surface area contributed by atoms with E-state index in [-0.39, 0.29) is 6.04 Å². The number of aryl methyl sites for hydroxylation is 1. The number of carbonyl (C=O) groups excluding carboxylic acids is 1. The Labute approximate surface area is 119 Å². The van der Waals surface area contributed by atoms with Gasteiger partial charge in [-0.05, 0) is 36.5 Å². The first-order chi connectivity index (χ1) is 9.61. The molecule has 0 bridgehead atoms. The van der Waals surface area contributed by atoms with E-state index in [9.17, 15) is 4.79 Å². The van der Waals surface area contributed by atoms with Crippen LogP contribution in [0.4, 0.5) is 0 Å². The van der Waals surface area contributed by atoms with Crippen molar-refractivity contribution in [1.29, 1.82) is 0 Å². The second-order valence-corrected chi connectivity index (χ2v) is 4.80. The Hall–Kier alpha value is -2.53. The number of carbonyl (C=O) groups is 1. The van der Waals surface area contributed by atoms with Crippen molar-refractivity contribution in [2.24, 2.45) is 0 Å². The molecule has 2 aromatic rings. The van der Waals surface area contributed by atoms with Crippen molar-refractivity contribution in [3.05, 3.63) is 59.7 Å². The maximum atomic E-state index is 11.4. The SMILES string of the molecule is C#CC(=O)NC(C)c1ccc(C)cc1-c1ccccc1. The van der Waals surface area contributed by atoms with Gasteiger partial charge >= 0.3 is 0 Å². The summed E-state index contributed by atoms with van der Waals surface area (Å²) < 4.78 is 0. The van der Waals surface area contributed by atoms with Crippen molar-refractivity contribution in [3.8, 4) is 23.5 Å². The van der Waals surface area contributed by atoms with E-state index < -0.39 is 5.91 Å². The van der Waals surface area contributed by atoms with Gasteiger partial charge in [0.25, 0.3) is 5.91 Å². The third kappa shape index (κ3) is 3.07. The number of terminal acetylenes is 1. The maximum absolute atomic E-state index is 11.4. The zero-order valence-electron chi connectivity index (χ0n) is 11.7. The average molecular weight is 263 g/mol. The van der Waals surface area contributed by atoms with Crippen LogP contribution in [0.3, 0.4) is 0 Å². The molecule has 20 heavy (non-hydrogen) atoms. The Balaban J connectivity index is 2.44. The van der Waals surface area contributed by atoms with Crippen molar-refractivity contribution in [3.63, 3.8) is 0 Å². The molecule has 0 saturated carbocycles. The number of rotatable bonds is 3. The van der Waals surface area contributed by atoms with E-state index in [1.165, 1.54) is 5.56 Å². The van der Waals surface area contributed by atoms with Gasteiger partial charge in [-0.3, -0.25) is 4.79 Å². The van der Waals surface area contributed by atoms with Gasteiger partial charge in [-0.2, -0.15) is 0 Å². The smallest absolute Gasteiger partial charge is 0.296 e. The first-order valence-corrected chi connectivity index (χ1v) is 6.55.